The lowest BCUT2D eigenvalue weighted by atomic mass is 10.3. The highest BCUT2D eigenvalue weighted by Crippen LogP contribution is 2.34. The monoisotopic (exact) mass is 238 g/mol. The van der Waals surface area contributed by atoms with Gasteiger partial charge in [-0.2, -0.15) is 0 Å². The first-order chi connectivity index (χ1) is 7.79. The van der Waals surface area contributed by atoms with Gasteiger partial charge in [0.1, 0.15) is 6.61 Å². The Hall–Kier alpha value is -1.33. The van der Waals surface area contributed by atoms with Gasteiger partial charge in [-0.25, -0.2) is 0 Å². The van der Waals surface area contributed by atoms with Crippen molar-refractivity contribution < 1.29 is 9.47 Å². The summed E-state index contributed by atoms with van der Waals surface area (Å²) in [6.07, 6.45) is 7.22. The molecule has 0 aliphatic carbocycles. The number of benzene rings is 1. The molecule has 3 heteroatoms. The molecule has 0 aromatic heterocycles. The number of hydrogen-bond acceptors (Lipinski definition) is 2. The average molecular weight is 239 g/mol. The summed E-state index contributed by atoms with van der Waals surface area (Å²) in [4.78, 5) is 0. The zero-order valence-corrected chi connectivity index (χ0v) is 10.1. The Bertz CT molecular complexity index is 369. The molecule has 16 heavy (non-hydrogen) atoms. The van der Waals surface area contributed by atoms with Crippen LogP contribution >= 0.6 is 11.6 Å². The van der Waals surface area contributed by atoms with Crippen LogP contribution in [0, 0.1) is 12.3 Å². The van der Waals surface area contributed by atoms with Crippen LogP contribution in [0.4, 0.5) is 0 Å². The minimum Gasteiger partial charge on any atom is -0.490 e. The highest BCUT2D eigenvalue weighted by Gasteiger charge is 2.08. The van der Waals surface area contributed by atoms with Gasteiger partial charge in [0, 0.05) is 0 Å². The molecule has 2 nitrogen and oxygen atoms in total. The topological polar surface area (TPSA) is 18.5 Å². The third-order valence-electron chi connectivity index (χ3n) is 1.99. The van der Waals surface area contributed by atoms with Gasteiger partial charge < -0.3 is 9.47 Å². The van der Waals surface area contributed by atoms with E-state index in [-0.39, 0.29) is 6.61 Å². The molecule has 0 unspecified atom stereocenters. The van der Waals surface area contributed by atoms with Gasteiger partial charge >= 0.3 is 0 Å². The van der Waals surface area contributed by atoms with E-state index in [4.69, 9.17) is 27.5 Å². The lowest BCUT2D eigenvalue weighted by molar-refractivity contribution is 0.280. The van der Waals surface area contributed by atoms with Crippen LogP contribution in [-0.4, -0.2) is 13.2 Å². The van der Waals surface area contributed by atoms with E-state index in [2.05, 4.69) is 12.8 Å². The predicted molar refractivity (Wildman–Crippen MR) is 66.2 cm³/mol. The van der Waals surface area contributed by atoms with Crippen LogP contribution in [0.3, 0.4) is 0 Å². The fourth-order valence-electron chi connectivity index (χ4n) is 1.18. The molecule has 1 aromatic carbocycles. The summed E-state index contributed by atoms with van der Waals surface area (Å²) in [6.45, 7) is 2.95. The second kappa shape index (κ2) is 7.03. The number of para-hydroxylation sites is 1. The van der Waals surface area contributed by atoms with Crippen LogP contribution in [0.15, 0.2) is 18.2 Å². The normalized spacial score (nSPS) is 9.56. The average Bonchev–Trinajstić information content (AvgIpc) is 2.28. The summed E-state index contributed by atoms with van der Waals surface area (Å²) in [5.74, 6) is 3.58. The van der Waals surface area contributed by atoms with Gasteiger partial charge in [-0.05, 0) is 18.6 Å². The molecule has 1 rings (SSSR count). The van der Waals surface area contributed by atoms with Crippen LogP contribution in [-0.2, 0) is 0 Å². The van der Waals surface area contributed by atoms with E-state index in [0.717, 1.165) is 12.8 Å². The number of rotatable bonds is 6. The molecule has 0 aliphatic rings. The third kappa shape index (κ3) is 3.67. The lowest BCUT2D eigenvalue weighted by Crippen LogP contribution is -2.01. The molecule has 0 saturated carbocycles. The van der Waals surface area contributed by atoms with Crippen LogP contribution < -0.4 is 9.47 Å². The molecule has 0 spiro atoms. The van der Waals surface area contributed by atoms with Crippen LogP contribution in [0.5, 0.6) is 11.5 Å². The maximum Gasteiger partial charge on any atom is 0.181 e. The Morgan fingerprint density at radius 1 is 1.38 bits per heavy atom. The molecule has 86 valence electrons. The molecule has 0 bridgehead atoms. The van der Waals surface area contributed by atoms with Crippen molar-refractivity contribution in [1.82, 2.24) is 0 Å². The predicted octanol–water partition coefficient (Wildman–Crippen LogP) is 3.53. The summed E-state index contributed by atoms with van der Waals surface area (Å²) in [6, 6.07) is 5.40. The summed E-state index contributed by atoms with van der Waals surface area (Å²) in [5, 5.41) is 0.518. The summed E-state index contributed by atoms with van der Waals surface area (Å²) in [5.41, 5.74) is 0. The molecular weight excluding hydrogens is 224 g/mol. The van der Waals surface area contributed by atoms with Gasteiger partial charge in [0.25, 0.3) is 0 Å². The third-order valence-corrected chi connectivity index (χ3v) is 2.28. The Morgan fingerprint density at radius 3 is 2.88 bits per heavy atom. The first-order valence-corrected chi connectivity index (χ1v) is 5.65. The summed E-state index contributed by atoms with van der Waals surface area (Å²) in [7, 11) is 0. The molecule has 0 radical (unpaired) electrons. The second-order valence-corrected chi connectivity index (χ2v) is 3.67. The summed E-state index contributed by atoms with van der Waals surface area (Å²) < 4.78 is 10.9. The Balaban J connectivity index is 2.73. The van der Waals surface area contributed by atoms with E-state index >= 15 is 0 Å². The molecule has 0 aliphatic heterocycles. The minimum absolute atomic E-state index is 0.188. The van der Waals surface area contributed by atoms with Gasteiger partial charge in [0.2, 0.25) is 0 Å². The van der Waals surface area contributed by atoms with Crippen molar-refractivity contribution >= 4 is 11.6 Å². The first kappa shape index (κ1) is 12.7. The van der Waals surface area contributed by atoms with E-state index in [9.17, 15) is 0 Å². The van der Waals surface area contributed by atoms with Crippen molar-refractivity contribution in [3.8, 4) is 23.8 Å². The van der Waals surface area contributed by atoms with Crippen molar-refractivity contribution in [2.24, 2.45) is 0 Å². The Labute approximate surface area is 102 Å². The maximum atomic E-state index is 6.00. The molecule has 1 aromatic rings. The van der Waals surface area contributed by atoms with Crippen molar-refractivity contribution in [2.45, 2.75) is 19.8 Å². The lowest BCUT2D eigenvalue weighted by Gasteiger charge is -2.12. The summed E-state index contributed by atoms with van der Waals surface area (Å²) >= 11 is 6.00. The van der Waals surface area contributed by atoms with E-state index in [1.165, 1.54) is 0 Å². The zero-order chi connectivity index (χ0) is 11.8. The van der Waals surface area contributed by atoms with Crippen LogP contribution in [0.1, 0.15) is 19.8 Å². The number of halogens is 1. The SMILES string of the molecule is C#CCOc1c(Cl)cccc1OCCCC. The maximum absolute atomic E-state index is 6.00. The zero-order valence-electron chi connectivity index (χ0n) is 9.33. The van der Waals surface area contributed by atoms with Gasteiger partial charge in [-0.3, -0.25) is 0 Å². The van der Waals surface area contributed by atoms with E-state index < -0.39 is 0 Å². The highest BCUT2D eigenvalue weighted by atomic mass is 35.5. The van der Waals surface area contributed by atoms with Gasteiger partial charge in [0.05, 0.1) is 11.6 Å². The Morgan fingerprint density at radius 2 is 2.19 bits per heavy atom. The van der Waals surface area contributed by atoms with Crippen molar-refractivity contribution in [1.29, 1.82) is 0 Å². The van der Waals surface area contributed by atoms with Crippen LogP contribution in [0.25, 0.3) is 0 Å². The van der Waals surface area contributed by atoms with Gasteiger partial charge in [-0.1, -0.05) is 36.9 Å². The Kier molecular flexibility index (Phi) is 5.60. The van der Waals surface area contributed by atoms with Gasteiger partial charge in [0.15, 0.2) is 11.5 Å². The molecule has 0 fully saturated rings. The van der Waals surface area contributed by atoms with Gasteiger partial charge in [-0.15, -0.1) is 6.42 Å². The molecule has 0 heterocycles. The number of hydrogen-bond donors (Lipinski definition) is 0. The van der Waals surface area contributed by atoms with E-state index in [1.54, 1.807) is 6.07 Å². The minimum atomic E-state index is 0.188. The molecule has 0 atom stereocenters. The standard InChI is InChI=1S/C13H15ClO2/c1-3-5-10-15-12-8-6-7-11(14)13(12)16-9-4-2/h2,6-8H,3,5,9-10H2,1H3. The van der Waals surface area contributed by atoms with Crippen molar-refractivity contribution in [3.05, 3.63) is 23.2 Å². The first-order valence-electron chi connectivity index (χ1n) is 5.27. The number of ether oxygens (including phenoxy) is 2. The molecule has 0 amide bonds. The fraction of sp³-hybridized carbons (Fsp3) is 0.385. The van der Waals surface area contributed by atoms with E-state index in [1.807, 2.05) is 12.1 Å². The largest absolute Gasteiger partial charge is 0.490 e. The van der Waals surface area contributed by atoms with Crippen molar-refractivity contribution in [3.63, 3.8) is 0 Å². The second-order valence-electron chi connectivity index (χ2n) is 3.26. The highest BCUT2D eigenvalue weighted by molar-refractivity contribution is 6.32. The molecular formula is C13H15ClO2. The van der Waals surface area contributed by atoms with Crippen molar-refractivity contribution in [2.75, 3.05) is 13.2 Å². The van der Waals surface area contributed by atoms with E-state index in [0.29, 0.717) is 23.1 Å². The van der Waals surface area contributed by atoms with Crippen LogP contribution in [0.2, 0.25) is 5.02 Å². The smallest absolute Gasteiger partial charge is 0.181 e. The molecule has 0 saturated heterocycles. The quantitative estimate of drug-likeness (QED) is 0.558. The number of unbranched alkanes of at least 4 members (excludes halogenated alkanes) is 1. The fourth-order valence-corrected chi connectivity index (χ4v) is 1.40. The molecule has 0 N–H and O–H groups in total. The number of terminal acetylenes is 1.